The Morgan fingerprint density at radius 2 is 1.10 bits per heavy atom. The van der Waals surface area contributed by atoms with Crippen molar-refractivity contribution in [1.82, 2.24) is 4.98 Å². The SMILES string of the molecule is c1ccc(-c2cccc(N(c3ccc4c(ccc5ccccc54)c3)c3cccc4c3oc3cc5oc(-c6ccccc6)nc5cc34)c2)cc1. The van der Waals surface area contributed by atoms with Crippen LogP contribution in [0.2, 0.25) is 0 Å². The van der Waals surface area contributed by atoms with Crippen molar-refractivity contribution in [2.45, 2.75) is 0 Å². The third kappa shape index (κ3) is 4.57. The number of furan rings is 1. The maximum atomic E-state index is 6.76. The first-order valence-electron chi connectivity index (χ1n) is 16.5. The minimum atomic E-state index is 0.599. The summed E-state index contributed by atoms with van der Waals surface area (Å²) in [6.45, 7) is 0. The highest BCUT2D eigenvalue weighted by Gasteiger charge is 2.21. The summed E-state index contributed by atoms with van der Waals surface area (Å²) < 4.78 is 13.0. The molecule has 2 heterocycles. The summed E-state index contributed by atoms with van der Waals surface area (Å²) in [5, 5.41) is 6.91. The molecule has 0 aliphatic rings. The van der Waals surface area contributed by atoms with Crippen LogP contribution in [0.1, 0.15) is 0 Å². The molecule has 230 valence electrons. The van der Waals surface area contributed by atoms with Crippen LogP contribution < -0.4 is 4.90 Å². The lowest BCUT2D eigenvalue weighted by atomic mass is 10.0. The average Bonchev–Trinajstić information content (AvgIpc) is 3.76. The highest BCUT2D eigenvalue weighted by molar-refractivity contribution is 6.14. The van der Waals surface area contributed by atoms with E-state index in [9.17, 15) is 0 Å². The highest BCUT2D eigenvalue weighted by Crippen LogP contribution is 2.44. The van der Waals surface area contributed by atoms with Crippen molar-refractivity contribution in [2.24, 2.45) is 0 Å². The predicted octanol–water partition coefficient (Wildman–Crippen LogP) is 12.8. The van der Waals surface area contributed by atoms with Crippen molar-refractivity contribution in [3.8, 4) is 22.6 Å². The number of fused-ring (bicyclic) bond motifs is 7. The first-order valence-corrected chi connectivity index (χ1v) is 16.5. The van der Waals surface area contributed by atoms with Gasteiger partial charge in [-0.15, -0.1) is 0 Å². The Hall–Kier alpha value is -6.65. The number of rotatable bonds is 5. The zero-order valence-corrected chi connectivity index (χ0v) is 26.4. The van der Waals surface area contributed by atoms with E-state index < -0.39 is 0 Å². The van der Waals surface area contributed by atoms with E-state index in [1.165, 1.54) is 27.1 Å². The standard InChI is InChI=1S/C45H28N2O2/c1-3-11-29(12-4-1)32-16-9-17-34(25-32)47(35-23-24-37-33(26-35)22-21-30-13-7-8-18-36(30)37)41-20-10-19-38-39-27-40-43(28-42(39)48-44(38)41)49-45(46-40)31-14-5-2-6-15-31/h1-28H. The number of nitrogens with zero attached hydrogens (tertiary/aromatic N) is 2. The fourth-order valence-electron chi connectivity index (χ4n) is 7.11. The number of anilines is 3. The molecule has 0 unspecified atom stereocenters. The zero-order chi connectivity index (χ0) is 32.3. The molecule has 0 saturated carbocycles. The van der Waals surface area contributed by atoms with Crippen molar-refractivity contribution >= 4 is 71.6 Å². The lowest BCUT2D eigenvalue weighted by Gasteiger charge is -2.26. The molecular formula is C45H28N2O2. The molecule has 2 aromatic heterocycles. The lowest BCUT2D eigenvalue weighted by molar-refractivity contribution is 0.617. The number of benzene rings is 8. The Kier molecular flexibility index (Phi) is 6.15. The van der Waals surface area contributed by atoms with Gasteiger partial charge in [-0.2, -0.15) is 0 Å². The van der Waals surface area contributed by atoms with Crippen LogP contribution in [0.15, 0.2) is 179 Å². The number of hydrogen-bond donors (Lipinski definition) is 0. The van der Waals surface area contributed by atoms with Gasteiger partial charge in [0.05, 0.1) is 5.69 Å². The van der Waals surface area contributed by atoms with Crippen molar-refractivity contribution in [2.75, 3.05) is 4.90 Å². The van der Waals surface area contributed by atoms with Crippen molar-refractivity contribution in [1.29, 1.82) is 0 Å². The van der Waals surface area contributed by atoms with Gasteiger partial charge in [0.2, 0.25) is 5.89 Å². The molecule has 0 aliphatic heterocycles. The maximum Gasteiger partial charge on any atom is 0.227 e. The molecule has 8 aromatic carbocycles. The van der Waals surface area contributed by atoms with Gasteiger partial charge in [-0.25, -0.2) is 4.98 Å². The van der Waals surface area contributed by atoms with Crippen LogP contribution in [0, 0.1) is 0 Å². The van der Waals surface area contributed by atoms with Crippen LogP contribution in [0.25, 0.3) is 77.2 Å². The Morgan fingerprint density at radius 1 is 0.408 bits per heavy atom. The van der Waals surface area contributed by atoms with Gasteiger partial charge in [-0.1, -0.05) is 115 Å². The average molecular weight is 629 g/mol. The van der Waals surface area contributed by atoms with Crippen LogP contribution in [-0.2, 0) is 0 Å². The fourth-order valence-corrected chi connectivity index (χ4v) is 7.11. The van der Waals surface area contributed by atoms with Gasteiger partial charge in [0.1, 0.15) is 11.1 Å². The summed E-state index contributed by atoms with van der Waals surface area (Å²) in [5.41, 5.74) is 9.35. The third-order valence-electron chi connectivity index (χ3n) is 9.45. The normalized spacial score (nSPS) is 11.7. The highest BCUT2D eigenvalue weighted by atomic mass is 16.4. The molecule has 49 heavy (non-hydrogen) atoms. The Labute approximate surface area is 282 Å². The van der Waals surface area contributed by atoms with Crippen LogP contribution in [0.3, 0.4) is 0 Å². The molecule has 0 spiro atoms. The molecule has 0 saturated heterocycles. The van der Waals surface area contributed by atoms with Gasteiger partial charge in [-0.3, -0.25) is 0 Å². The zero-order valence-electron chi connectivity index (χ0n) is 26.4. The molecule has 4 heteroatoms. The molecule has 0 bridgehead atoms. The Bertz CT molecular complexity index is 2830. The van der Waals surface area contributed by atoms with E-state index in [0.717, 1.165) is 55.6 Å². The van der Waals surface area contributed by atoms with Crippen molar-refractivity contribution in [3.63, 3.8) is 0 Å². The minimum Gasteiger partial charge on any atom is -0.454 e. The molecule has 10 aromatic rings. The van der Waals surface area contributed by atoms with Gasteiger partial charge in [0.15, 0.2) is 11.2 Å². The van der Waals surface area contributed by atoms with Crippen LogP contribution in [-0.4, -0.2) is 4.98 Å². The summed E-state index contributed by atoms with van der Waals surface area (Å²) in [6, 6.07) is 59.3. The topological polar surface area (TPSA) is 42.4 Å². The van der Waals surface area contributed by atoms with Gasteiger partial charge >= 0.3 is 0 Å². The molecular weight excluding hydrogens is 601 g/mol. The van der Waals surface area contributed by atoms with E-state index in [4.69, 9.17) is 13.8 Å². The monoisotopic (exact) mass is 628 g/mol. The van der Waals surface area contributed by atoms with E-state index in [1.54, 1.807) is 0 Å². The molecule has 0 atom stereocenters. The molecule has 0 radical (unpaired) electrons. The first kappa shape index (κ1) is 27.5. The van der Waals surface area contributed by atoms with E-state index in [-0.39, 0.29) is 0 Å². The second kappa shape index (κ2) is 11.0. The second-order valence-electron chi connectivity index (χ2n) is 12.4. The molecule has 0 aliphatic carbocycles. The van der Waals surface area contributed by atoms with Gasteiger partial charge < -0.3 is 13.7 Å². The number of hydrogen-bond acceptors (Lipinski definition) is 4. The first-order chi connectivity index (χ1) is 24.3. The summed E-state index contributed by atoms with van der Waals surface area (Å²) in [7, 11) is 0. The van der Waals surface area contributed by atoms with Gasteiger partial charge in [0, 0.05) is 33.8 Å². The summed E-state index contributed by atoms with van der Waals surface area (Å²) in [4.78, 5) is 7.15. The van der Waals surface area contributed by atoms with Gasteiger partial charge in [-0.05, 0) is 81.2 Å². The molecule has 0 fully saturated rings. The van der Waals surface area contributed by atoms with Gasteiger partial charge in [0.25, 0.3) is 0 Å². The molecule has 0 N–H and O–H groups in total. The smallest absolute Gasteiger partial charge is 0.227 e. The number of para-hydroxylation sites is 1. The second-order valence-corrected chi connectivity index (χ2v) is 12.4. The Balaban J connectivity index is 1.18. The minimum absolute atomic E-state index is 0.599. The lowest BCUT2D eigenvalue weighted by Crippen LogP contribution is -2.10. The Morgan fingerprint density at radius 3 is 1.98 bits per heavy atom. The number of oxazole rings is 1. The van der Waals surface area contributed by atoms with E-state index >= 15 is 0 Å². The maximum absolute atomic E-state index is 6.76. The fraction of sp³-hybridized carbons (Fsp3) is 0. The summed E-state index contributed by atoms with van der Waals surface area (Å²) in [6.07, 6.45) is 0. The van der Waals surface area contributed by atoms with E-state index in [2.05, 4.69) is 138 Å². The predicted molar refractivity (Wildman–Crippen MR) is 202 cm³/mol. The van der Waals surface area contributed by atoms with Crippen LogP contribution in [0.5, 0.6) is 0 Å². The largest absolute Gasteiger partial charge is 0.454 e. The van der Waals surface area contributed by atoms with Crippen molar-refractivity contribution in [3.05, 3.63) is 170 Å². The van der Waals surface area contributed by atoms with Crippen LogP contribution in [0.4, 0.5) is 17.1 Å². The quantitative estimate of drug-likeness (QED) is 0.178. The molecule has 10 rings (SSSR count). The summed E-state index contributed by atoms with van der Waals surface area (Å²) >= 11 is 0. The van der Waals surface area contributed by atoms with Crippen molar-refractivity contribution < 1.29 is 8.83 Å². The summed E-state index contributed by atoms with van der Waals surface area (Å²) in [5.74, 6) is 0.599. The van der Waals surface area contributed by atoms with Crippen LogP contribution >= 0.6 is 0 Å². The van der Waals surface area contributed by atoms with E-state index in [1.807, 2.05) is 36.4 Å². The third-order valence-corrected chi connectivity index (χ3v) is 9.45. The number of aromatic nitrogens is 1. The van der Waals surface area contributed by atoms with E-state index in [0.29, 0.717) is 11.5 Å². The molecule has 4 nitrogen and oxygen atoms in total. The molecule has 0 amide bonds.